The summed E-state index contributed by atoms with van der Waals surface area (Å²) in [7, 11) is -0.722. The highest BCUT2D eigenvalue weighted by molar-refractivity contribution is 7.92. The van der Waals surface area contributed by atoms with E-state index in [1.807, 2.05) is 0 Å². The Balaban J connectivity index is 3.25. The molecular formula is C11H16N2O4S. The molecule has 0 aromatic carbocycles. The van der Waals surface area contributed by atoms with Gasteiger partial charge in [-0.1, -0.05) is 0 Å². The van der Waals surface area contributed by atoms with Crippen LogP contribution in [0.15, 0.2) is 12.3 Å². The first-order valence-corrected chi connectivity index (χ1v) is 6.96. The smallest absolute Gasteiger partial charge is 0.338 e. The van der Waals surface area contributed by atoms with E-state index in [2.05, 4.69) is 9.72 Å². The number of sulfonamides is 1. The quantitative estimate of drug-likeness (QED) is 0.763. The summed E-state index contributed by atoms with van der Waals surface area (Å²) < 4.78 is 29.1. The standard InChI is InChI=1S/C11H16N2O4S/c1-5-18(15,16)13(3)10-6-9(11(14)17-4)8(2)7-12-10/h6-7H,5H2,1-4H3. The summed E-state index contributed by atoms with van der Waals surface area (Å²) in [4.78, 5) is 15.5. The lowest BCUT2D eigenvalue weighted by Gasteiger charge is -2.18. The third-order valence-corrected chi connectivity index (χ3v) is 4.35. The van der Waals surface area contributed by atoms with Crippen LogP contribution >= 0.6 is 0 Å². The fraction of sp³-hybridized carbons (Fsp3) is 0.455. The Morgan fingerprint density at radius 3 is 2.61 bits per heavy atom. The van der Waals surface area contributed by atoms with E-state index in [0.29, 0.717) is 11.1 Å². The van der Waals surface area contributed by atoms with Crippen molar-refractivity contribution in [2.24, 2.45) is 0 Å². The molecule has 0 unspecified atom stereocenters. The summed E-state index contributed by atoms with van der Waals surface area (Å²) in [6, 6.07) is 1.41. The molecular weight excluding hydrogens is 256 g/mol. The Kier molecular flexibility index (Phi) is 4.28. The van der Waals surface area contributed by atoms with Crippen LogP contribution < -0.4 is 4.31 Å². The topological polar surface area (TPSA) is 76.6 Å². The molecule has 0 saturated carbocycles. The van der Waals surface area contributed by atoms with E-state index in [4.69, 9.17) is 0 Å². The van der Waals surface area contributed by atoms with Gasteiger partial charge in [-0.2, -0.15) is 0 Å². The minimum Gasteiger partial charge on any atom is -0.465 e. The molecule has 0 aliphatic carbocycles. The van der Waals surface area contributed by atoms with Gasteiger partial charge in [0.1, 0.15) is 5.82 Å². The minimum atomic E-state index is -3.39. The Morgan fingerprint density at radius 1 is 1.50 bits per heavy atom. The molecule has 1 aromatic rings. The first kappa shape index (κ1) is 14.4. The number of rotatable bonds is 4. The van der Waals surface area contributed by atoms with E-state index in [1.165, 1.54) is 26.4 Å². The number of esters is 1. The Hall–Kier alpha value is -1.63. The maximum atomic E-state index is 11.7. The number of carbonyl (C=O) groups is 1. The van der Waals surface area contributed by atoms with Crippen LogP contribution in [0.1, 0.15) is 22.8 Å². The molecule has 1 aromatic heterocycles. The van der Waals surface area contributed by atoms with E-state index < -0.39 is 16.0 Å². The number of nitrogens with zero attached hydrogens (tertiary/aromatic N) is 2. The molecule has 0 fully saturated rings. The van der Waals surface area contributed by atoms with Crippen LogP contribution in [-0.2, 0) is 14.8 Å². The molecule has 100 valence electrons. The van der Waals surface area contributed by atoms with Gasteiger partial charge in [0.15, 0.2) is 0 Å². The van der Waals surface area contributed by atoms with Crippen molar-refractivity contribution < 1.29 is 17.9 Å². The molecule has 0 aliphatic rings. The van der Waals surface area contributed by atoms with Gasteiger partial charge in [0.2, 0.25) is 10.0 Å². The summed E-state index contributed by atoms with van der Waals surface area (Å²) in [5, 5.41) is 0. The van der Waals surface area contributed by atoms with Gasteiger partial charge in [-0.25, -0.2) is 18.2 Å². The van der Waals surface area contributed by atoms with Crippen LogP contribution in [-0.4, -0.2) is 39.3 Å². The molecule has 0 spiro atoms. The molecule has 0 N–H and O–H groups in total. The molecule has 6 nitrogen and oxygen atoms in total. The van der Waals surface area contributed by atoms with Crippen LogP contribution in [0.5, 0.6) is 0 Å². The summed E-state index contributed by atoms with van der Waals surface area (Å²) in [6.45, 7) is 3.25. The second-order valence-corrected chi connectivity index (χ2v) is 6.01. The number of methoxy groups -OCH3 is 1. The van der Waals surface area contributed by atoms with Crippen molar-refractivity contribution in [1.29, 1.82) is 0 Å². The van der Waals surface area contributed by atoms with E-state index in [-0.39, 0.29) is 11.6 Å². The van der Waals surface area contributed by atoms with E-state index in [0.717, 1.165) is 4.31 Å². The summed E-state index contributed by atoms with van der Waals surface area (Å²) in [5.74, 6) is -0.353. The van der Waals surface area contributed by atoms with Crippen LogP contribution in [0.2, 0.25) is 0 Å². The molecule has 1 rings (SSSR count). The van der Waals surface area contributed by atoms with Crippen molar-refractivity contribution in [2.45, 2.75) is 13.8 Å². The Labute approximate surface area is 107 Å². The molecule has 0 radical (unpaired) electrons. The van der Waals surface area contributed by atoms with E-state index >= 15 is 0 Å². The summed E-state index contributed by atoms with van der Waals surface area (Å²) in [6.07, 6.45) is 1.45. The number of ether oxygens (including phenoxy) is 1. The Morgan fingerprint density at radius 2 is 2.11 bits per heavy atom. The number of carbonyl (C=O) groups excluding carboxylic acids is 1. The summed E-state index contributed by atoms with van der Waals surface area (Å²) in [5.41, 5.74) is 0.938. The summed E-state index contributed by atoms with van der Waals surface area (Å²) >= 11 is 0. The lowest BCUT2D eigenvalue weighted by Crippen LogP contribution is -2.29. The van der Waals surface area contributed by atoms with E-state index in [1.54, 1.807) is 13.8 Å². The second-order valence-electron chi connectivity index (χ2n) is 3.72. The van der Waals surface area contributed by atoms with Gasteiger partial charge in [-0.15, -0.1) is 0 Å². The molecule has 0 amide bonds. The normalized spacial score (nSPS) is 11.1. The van der Waals surface area contributed by atoms with Gasteiger partial charge in [-0.3, -0.25) is 4.31 Å². The van der Waals surface area contributed by atoms with Crippen molar-refractivity contribution in [3.63, 3.8) is 0 Å². The molecule has 0 bridgehead atoms. The van der Waals surface area contributed by atoms with Gasteiger partial charge in [0.05, 0.1) is 18.4 Å². The minimum absolute atomic E-state index is 0.0351. The largest absolute Gasteiger partial charge is 0.465 e. The highest BCUT2D eigenvalue weighted by atomic mass is 32.2. The van der Waals surface area contributed by atoms with Crippen LogP contribution in [0.3, 0.4) is 0 Å². The van der Waals surface area contributed by atoms with Gasteiger partial charge >= 0.3 is 5.97 Å². The lowest BCUT2D eigenvalue weighted by molar-refractivity contribution is 0.0600. The maximum absolute atomic E-state index is 11.7. The average molecular weight is 272 g/mol. The molecule has 18 heavy (non-hydrogen) atoms. The van der Waals surface area contributed by atoms with Gasteiger partial charge < -0.3 is 4.74 Å². The third kappa shape index (κ3) is 2.79. The molecule has 0 atom stereocenters. The first-order valence-electron chi connectivity index (χ1n) is 5.35. The number of aryl methyl sites for hydroxylation is 1. The zero-order valence-electron chi connectivity index (χ0n) is 10.8. The number of hydrogen-bond acceptors (Lipinski definition) is 5. The number of pyridine rings is 1. The van der Waals surface area contributed by atoms with Crippen molar-refractivity contribution in [3.8, 4) is 0 Å². The van der Waals surface area contributed by atoms with Crippen molar-refractivity contribution in [1.82, 2.24) is 4.98 Å². The van der Waals surface area contributed by atoms with Crippen molar-refractivity contribution in [3.05, 3.63) is 23.4 Å². The van der Waals surface area contributed by atoms with Crippen molar-refractivity contribution >= 4 is 21.8 Å². The number of anilines is 1. The highest BCUT2D eigenvalue weighted by Gasteiger charge is 2.19. The fourth-order valence-electron chi connectivity index (χ4n) is 1.35. The van der Waals surface area contributed by atoms with Crippen LogP contribution in [0.25, 0.3) is 0 Å². The van der Waals surface area contributed by atoms with Crippen molar-refractivity contribution in [2.75, 3.05) is 24.2 Å². The Bertz CT molecular complexity index is 554. The van der Waals surface area contributed by atoms with Gasteiger partial charge in [0, 0.05) is 13.2 Å². The van der Waals surface area contributed by atoms with E-state index in [9.17, 15) is 13.2 Å². The second kappa shape index (κ2) is 5.34. The molecule has 1 heterocycles. The fourth-order valence-corrected chi connectivity index (χ4v) is 2.12. The molecule has 0 aliphatic heterocycles. The highest BCUT2D eigenvalue weighted by Crippen LogP contribution is 2.18. The number of aromatic nitrogens is 1. The zero-order chi connectivity index (χ0) is 13.9. The predicted octanol–water partition coefficient (Wildman–Crippen LogP) is 0.963. The predicted molar refractivity (Wildman–Crippen MR) is 68.2 cm³/mol. The first-order chi connectivity index (χ1) is 8.33. The maximum Gasteiger partial charge on any atom is 0.338 e. The van der Waals surface area contributed by atoms with Crippen LogP contribution in [0, 0.1) is 6.92 Å². The monoisotopic (exact) mass is 272 g/mol. The molecule has 0 saturated heterocycles. The number of hydrogen-bond donors (Lipinski definition) is 0. The van der Waals surface area contributed by atoms with Gasteiger partial charge in [0.25, 0.3) is 0 Å². The third-order valence-electron chi connectivity index (χ3n) is 2.60. The van der Waals surface area contributed by atoms with Crippen LogP contribution in [0.4, 0.5) is 5.82 Å². The zero-order valence-corrected chi connectivity index (χ0v) is 11.6. The average Bonchev–Trinajstić information content (AvgIpc) is 2.37. The lowest BCUT2D eigenvalue weighted by atomic mass is 10.1. The molecule has 7 heteroatoms. The SMILES string of the molecule is CCS(=O)(=O)N(C)c1cc(C(=O)OC)c(C)cn1. The van der Waals surface area contributed by atoms with Gasteiger partial charge in [-0.05, 0) is 25.5 Å².